The largest absolute Gasteiger partial charge is 0.352 e. The van der Waals surface area contributed by atoms with E-state index in [0.29, 0.717) is 11.5 Å². The molecule has 0 heterocycles. The summed E-state index contributed by atoms with van der Waals surface area (Å²) in [6.07, 6.45) is 21.7. The predicted octanol–water partition coefficient (Wildman–Crippen LogP) is 8.85. The number of nitrogens with one attached hydrogen (secondary N) is 1. The average Bonchev–Trinajstić information content (AvgIpc) is 2.68. The quantitative estimate of drug-likeness (QED) is 0.145. The lowest BCUT2D eigenvalue weighted by atomic mass is 9.93. The molecule has 2 heteroatoms. The Morgan fingerprint density at radius 2 is 0.967 bits per heavy atom. The predicted molar refractivity (Wildman–Crippen MR) is 135 cm³/mol. The molecule has 178 valence electrons. The topological polar surface area (TPSA) is 29.1 Å². The minimum absolute atomic E-state index is 0.0232. The normalized spacial score (nSPS) is 12.5. The van der Waals surface area contributed by atoms with E-state index in [-0.39, 0.29) is 5.91 Å². The van der Waals surface area contributed by atoms with Crippen molar-refractivity contribution in [3.63, 3.8) is 0 Å². The second-order valence-corrected chi connectivity index (χ2v) is 10.5. The molecule has 0 aromatic rings. The SMILES string of the molecule is C=C(C)C(=O)NCC(CCCCCCCCCC(C)C)CCCCCCCC(C)C. The molecule has 0 aliphatic heterocycles. The Labute approximate surface area is 190 Å². The molecule has 1 amide bonds. The summed E-state index contributed by atoms with van der Waals surface area (Å²) in [5.41, 5.74) is 0.622. The van der Waals surface area contributed by atoms with Crippen LogP contribution >= 0.6 is 0 Å². The van der Waals surface area contributed by atoms with E-state index in [9.17, 15) is 4.79 Å². The van der Waals surface area contributed by atoms with Crippen molar-refractivity contribution in [1.82, 2.24) is 5.32 Å². The van der Waals surface area contributed by atoms with Gasteiger partial charge in [-0.1, -0.05) is 124 Å². The first kappa shape index (κ1) is 29.2. The van der Waals surface area contributed by atoms with Gasteiger partial charge in [0.25, 0.3) is 0 Å². The second-order valence-electron chi connectivity index (χ2n) is 10.5. The fraction of sp³-hybridized carbons (Fsp3) is 0.893. The third-order valence-electron chi connectivity index (χ3n) is 6.23. The molecule has 1 unspecified atom stereocenters. The molecule has 0 aromatic heterocycles. The summed E-state index contributed by atoms with van der Waals surface area (Å²) in [6, 6.07) is 0. The molecule has 0 fully saturated rings. The molecular weight excluding hydrogens is 366 g/mol. The molecule has 0 rings (SSSR count). The van der Waals surface area contributed by atoms with E-state index in [1.54, 1.807) is 6.92 Å². The molecule has 0 saturated heterocycles. The Balaban J connectivity index is 3.93. The van der Waals surface area contributed by atoms with Crippen LogP contribution in [0.3, 0.4) is 0 Å². The first-order chi connectivity index (χ1) is 14.3. The number of hydrogen-bond acceptors (Lipinski definition) is 1. The zero-order valence-corrected chi connectivity index (χ0v) is 21.4. The van der Waals surface area contributed by atoms with Crippen molar-refractivity contribution in [2.75, 3.05) is 6.54 Å². The molecular formula is C28H55NO. The van der Waals surface area contributed by atoms with Crippen molar-refractivity contribution in [2.45, 2.75) is 137 Å². The Morgan fingerprint density at radius 3 is 1.30 bits per heavy atom. The molecule has 0 spiro atoms. The van der Waals surface area contributed by atoms with Gasteiger partial charge < -0.3 is 5.32 Å². The van der Waals surface area contributed by atoms with Crippen molar-refractivity contribution < 1.29 is 4.79 Å². The summed E-state index contributed by atoms with van der Waals surface area (Å²) in [5, 5.41) is 3.10. The molecule has 2 nitrogen and oxygen atoms in total. The second kappa shape index (κ2) is 20.1. The van der Waals surface area contributed by atoms with Gasteiger partial charge >= 0.3 is 0 Å². The lowest BCUT2D eigenvalue weighted by molar-refractivity contribution is -0.117. The Morgan fingerprint density at radius 1 is 0.633 bits per heavy atom. The number of carbonyl (C=O) groups excluding carboxylic acids is 1. The van der Waals surface area contributed by atoms with Crippen LogP contribution in [0.1, 0.15) is 137 Å². The van der Waals surface area contributed by atoms with Crippen LogP contribution in [0, 0.1) is 17.8 Å². The third-order valence-corrected chi connectivity index (χ3v) is 6.23. The molecule has 0 aliphatic rings. The first-order valence-corrected chi connectivity index (χ1v) is 13.3. The number of unbranched alkanes of at least 4 members (excludes halogenated alkanes) is 10. The zero-order chi connectivity index (χ0) is 22.6. The minimum atomic E-state index is 0.0232. The van der Waals surface area contributed by atoms with E-state index in [1.165, 1.54) is 103 Å². The summed E-state index contributed by atoms with van der Waals surface area (Å²) < 4.78 is 0. The van der Waals surface area contributed by atoms with Gasteiger partial charge in [0.1, 0.15) is 0 Å². The van der Waals surface area contributed by atoms with Gasteiger partial charge in [-0.05, 0) is 37.5 Å². The van der Waals surface area contributed by atoms with Crippen LogP contribution in [-0.4, -0.2) is 12.5 Å². The molecule has 1 N–H and O–H groups in total. The van der Waals surface area contributed by atoms with Gasteiger partial charge in [0, 0.05) is 12.1 Å². The van der Waals surface area contributed by atoms with Crippen molar-refractivity contribution in [3.8, 4) is 0 Å². The molecule has 0 saturated carbocycles. The van der Waals surface area contributed by atoms with E-state index >= 15 is 0 Å². The zero-order valence-electron chi connectivity index (χ0n) is 21.4. The van der Waals surface area contributed by atoms with Crippen LogP contribution in [0.2, 0.25) is 0 Å². The maximum absolute atomic E-state index is 11.9. The van der Waals surface area contributed by atoms with E-state index in [2.05, 4.69) is 39.6 Å². The molecule has 0 radical (unpaired) electrons. The van der Waals surface area contributed by atoms with Gasteiger partial charge in [-0.2, -0.15) is 0 Å². The summed E-state index contributed by atoms with van der Waals surface area (Å²) in [7, 11) is 0. The highest BCUT2D eigenvalue weighted by Crippen LogP contribution is 2.20. The number of carbonyl (C=O) groups is 1. The Hall–Kier alpha value is -0.790. The van der Waals surface area contributed by atoms with Gasteiger partial charge in [0.05, 0.1) is 0 Å². The maximum atomic E-state index is 11.9. The number of rotatable bonds is 21. The fourth-order valence-electron chi connectivity index (χ4n) is 4.12. The van der Waals surface area contributed by atoms with Gasteiger partial charge in [-0.25, -0.2) is 0 Å². The molecule has 1 atom stereocenters. The highest BCUT2D eigenvalue weighted by Gasteiger charge is 2.11. The van der Waals surface area contributed by atoms with Crippen LogP contribution in [0.15, 0.2) is 12.2 Å². The summed E-state index contributed by atoms with van der Waals surface area (Å²) in [6.45, 7) is 15.7. The van der Waals surface area contributed by atoms with Crippen molar-refractivity contribution in [1.29, 1.82) is 0 Å². The third kappa shape index (κ3) is 20.5. The lowest BCUT2D eigenvalue weighted by Gasteiger charge is -2.18. The van der Waals surface area contributed by atoms with E-state index < -0.39 is 0 Å². The Kier molecular flexibility index (Phi) is 19.6. The summed E-state index contributed by atoms with van der Waals surface area (Å²) in [5.74, 6) is 2.35. The van der Waals surface area contributed by atoms with Gasteiger partial charge in [-0.15, -0.1) is 0 Å². The summed E-state index contributed by atoms with van der Waals surface area (Å²) >= 11 is 0. The van der Waals surface area contributed by atoms with Crippen molar-refractivity contribution in [2.24, 2.45) is 17.8 Å². The molecule has 0 aliphatic carbocycles. The fourth-order valence-corrected chi connectivity index (χ4v) is 4.12. The van der Waals surface area contributed by atoms with E-state index in [0.717, 1.165) is 18.4 Å². The standard InChI is InChI=1S/C28H55NO/c1-24(2)19-15-11-8-7-9-13-17-21-27(23-29-28(30)26(5)6)22-18-14-10-12-16-20-25(3)4/h24-25,27H,5,7-23H2,1-4,6H3,(H,29,30). The van der Waals surface area contributed by atoms with Crippen LogP contribution in [0.4, 0.5) is 0 Å². The maximum Gasteiger partial charge on any atom is 0.246 e. The van der Waals surface area contributed by atoms with E-state index in [1.807, 2.05) is 0 Å². The Bertz CT molecular complexity index is 413. The highest BCUT2D eigenvalue weighted by atomic mass is 16.1. The average molecular weight is 422 g/mol. The number of hydrogen-bond donors (Lipinski definition) is 1. The molecule has 0 aromatic carbocycles. The van der Waals surface area contributed by atoms with Crippen LogP contribution < -0.4 is 5.32 Å². The molecule has 0 bridgehead atoms. The minimum Gasteiger partial charge on any atom is -0.352 e. The van der Waals surface area contributed by atoms with Crippen LogP contribution in [-0.2, 0) is 4.79 Å². The highest BCUT2D eigenvalue weighted by molar-refractivity contribution is 5.92. The van der Waals surface area contributed by atoms with Gasteiger partial charge in [-0.3, -0.25) is 4.79 Å². The van der Waals surface area contributed by atoms with Crippen molar-refractivity contribution in [3.05, 3.63) is 12.2 Å². The first-order valence-electron chi connectivity index (χ1n) is 13.3. The lowest BCUT2D eigenvalue weighted by Crippen LogP contribution is -2.29. The molecule has 30 heavy (non-hydrogen) atoms. The monoisotopic (exact) mass is 421 g/mol. The van der Waals surface area contributed by atoms with Gasteiger partial charge in [0.2, 0.25) is 5.91 Å². The summed E-state index contributed by atoms with van der Waals surface area (Å²) in [4.78, 5) is 11.9. The van der Waals surface area contributed by atoms with Crippen LogP contribution in [0.25, 0.3) is 0 Å². The van der Waals surface area contributed by atoms with Crippen LogP contribution in [0.5, 0.6) is 0 Å². The van der Waals surface area contributed by atoms with Crippen molar-refractivity contribution >= 4 is 5.91 Å². The van der Waals surface area contributed by atoms with Gasteiger partial charge in [0.15, 0.2) is 0 Å². The smallest absolute Gasteiger partial charge is 0.246 e. The number of amides is 1. The van der Waals surface area contributed by atoms with E-state index in [4.69, 9.17) is 0 Å².